The van der Waals surface area contributed by atoms with Crippen LogP contribution < -0.4 is 4.90 Å². The third kappa shape index (κ3) is 2.73. The topological polar surface area (TPSA) is 29.0 Å². The van der Waals surface area contributed by atoms with Crippen LogP contribution in [0.2, 0.25) is 0 Å². The van der Waals surface area contributed by atoms with Gasteiger partial charge in [0.05, 0.1) is 0 Å². The number of piperidine rings is 1. The minimum absolute atomic E-state index is 0.205. The summed E-state index contributed by atoms with van der Waals surface area (Å²) in [6.07, 6.45) is 0.779. The van der Waals surface area contributed by atoms with Gasteiger partial charge in [0, 0.05) is 18.8 Å². The predicted octanol–water partition coefficient (Wildman–Crippen LogP) is 3.26. The summed E-state index contributed by atoms with van der Waals surface area (Å²) in [6, 6.07) is 1.16. The van der Waals surface area contributed by atoms with Gasteiger partial charge in [0.15, 0.2) is 0 Å². The second kappa shape index (κ2) is 5.12. The van der Waals surface area contributed by atoms with Crippen molar-refractivity contribution in [3.63, 3.8) is 0 Å². The lowest BCUT2D eigenvalue weighted by molar-refractivity contribution is -0.141. The highest BCUT2D eigenvalue weighted by molar-refractivity contribution is 5.33. The summed E-state index contributed by atoms with van der Waals surface area (Å²) in [4.78, 5) is 9.55. The number of hydrogen-bond acceptors (Lipinski definition) is 3. The van der Waals surface area contributed by atoms with Crippen LogP contribution in [0.25, 0.3) is 0 Å². The van der Waals surface area contributed by atoms with Crippen LogP contribution in [0.4, 0.5) is 19.1 Å². The Bertz CT molecular complexity index is 406. The number of nitrogens with zero attached hydrogens (tertiary/aromatic N) is 3. The molecule has 1 aromatic rings. The molecule has 0 spiro atoms. The molecule has 2 rings (SSSR count). The molecule has 1 aromatic heterocycles. The lowest BCUT2D eigenvalue weighted by Crippen LogP contribution is -2.40. The molecule has 0 bridgehead atoms. The quantitative estimate of drug-likeness (QED) is 0.816. The first-order chi connectivity index (χ1) is 8.52. The summed E-state index contributed by atoms with van der Waals surface area (Å²) in [6.45, 7) is 2.77. The molecule has 1 fully saturated rings. The Labute approximate surface area is 104 Å². The second-order valence-electron chi connectivity index (χ2n) is 4.49. The lowest BCUT2D eigenvalue weighted by atomic mass is 10.0. The molecule has 18 heavy (non-hydrogen) atoms. The van der Waals surface area contributed by atoms with E-state index in [0.717, 1.165) is 38.3 Å². The molecule has 1 saturated heterocycles. The molecule has 0 amide bonds. The molecule has 0 aliphatic carbocycles. The standard InChI is InChI=1S/C12H16F3N3/c1-2-9-5-3-4-8-18(9)11-16-7-6-10(17-11)12(13,14)15/h6-7,9H,2-5,8H2,1H3. The van der Waals surface area contributed by atoms with E-state index >= 15 is 0 Å². The fourth-order valence-electron chi connectivity index (χ4n) is 2.33. The number of halogens is 3. The van der Waals surface area contributed by atoms with Crippen LogP contribution >= 0.6 is 0 Å². The van der Waals surface area contributed by atoms with Gasteiger partial charge in [-0.2, -0.15) is 13.2 Å². The SMILES string of the molecule is CCC1CCCCN1c1nccc(C(F)(F)F)n1. The molecule has 1 aliphatic rings. The zero-order chi connectivity index (χ0) is 13.2. The fraction of sp³-hybridized carbons (Fsp3) is 0.667. The lowest BCUT2D eigenvalue weighted by Gasteiger charge is -2.35. The molecule has 1 unspecified atom stereocenters. The van der Waals surface area contributed by atoms with E-state index in [1.165, 1.54) is 6.20 Å². The van der Waals surface area contributed by atoms with Crippen molar-refractivity contribution in [2.24, 2.45) is 0 Å². The summed E-state index contributed by atoms with van der Waals surface area (Å²) in [7, 11) is 0. The molecule has 100 valence electrons. The maximum absolute atomic E-state index is 12.6. The van der Waals surface area contributed by atoms with Gasteiger partial charge >= 0.3 is 6.18 Å². The van der Waals surface area contributed by atoms with E-state index in [0.29, 0.717) is 0 Å². The average Bonchev–Trinajstić information content (AvgIpc) is 2.38. The van der Waals surface area contributed by atoms with Crippen LogP contribution in [-0.4, -0.2) is 22.6 Å². The molecular formula is C12H16F3N3. The molecule has 0 aromatic carbocycles. The van der Waals surface area contributed by atoms with Crippen molar-refractivity contribution >= 4 is 5.95 Å². The Morgan fingerprint density at radius 3 is 2.83 bits per heavy atom. The molecule has 0 radical (unpaired) electrons. The Hall–Kier alpha value is -1.33. The van der Waals surface area contributed by atoms with E-state index in [9.17, 15) is 13.2 Å². The van der Waals surface area contributed by atoms with Crippen LogP contribution in [0.5, 0.6) is 0 Å². The number of rotatable bonds is 2. The van der Waals surface area contributed by atoms with Crippen molar-refractivity contribution in [2.45, 2.75) is 44.8 Å². The van der Waals surface area contributed by atoms with Crippen molar-refractivity contribution in [2.75, 3.05) is 11.4 Å². The van der Waals surface area contributed by atoms with E-state index < -0.39 is 11.9 Å². The van der Waals surface area contributed by atoms with Crippen LogP contribution in [0.15, 0.2) is 12.3 Å². The van der Waals surface area contributed by atoms with Gasteiger partial charge in [-0.25, -0.2) is 9.97 Å². The van der Waals surface area contributed by atoms with Gasteiger partial charge in [-0.15, -0.1) is 0 Å². The highest BCUT2D eigenvalue weighted by Gasteiger charge is 2.34. The summed E-state index contributed by atoms with van der Waals surface area (Å²) in [5.74, 6) is 0.205. The van der Waals surface area contributed by atoms with Crippen LogP contribution in [0, 0.1) is 0 Å². The molecule has 6 heteroatoms. The van der Waals surface area contributed by atoms with E-state index in [4.69, 9.17) is 0 Å². The first-order valence-corrected chi connectivity index (χ1v) is 6.19. The molecule has 2 heterocycles. The molecule has 0 saturated carbocycles. The second-order valence-corrected chi connectivity index (χ2v) is 4.49. The number of anilines is 1. The van der Waals surface area contributed by atoms with Crippen molar-refractivity contribution in [1.82, 2.24) is 9.97 Å². The van der Waals surface area contributed by atoms with Gasteiger partial charge in [-0.05, 0) is 31.7 Å². The van der Waals surface area contributed by atoms with Gasteiger partial charge in [-0.1, -0.05) is 6.92 Å². The summed E-state index contributed by atoms with van der Waals surface area (Å²) < 4.78 is 37.8. The number of hydrogen-bond donors (Lipinski definition) is 0. The van der Waals surface area contributed by atoms with Gasteiger partial charge in [0.1, 0.15) is 5.69 Å². The van der Waals surface area contributed by atoms with Gasteiger partial charge in [0.2, 0.25) is 5.95 Å². The molecule has 1 atom stereocenters. The Morgan fingerprint density at radius 2 is 2.17 bits per heavy atom. The first kappa shape index (κ1) is 13.1. The maximum atomic E-state index is 12.6. The molecule has 1 aliphatic heterocycles. The molecular weight excluding hydrogens is 243 g/mol. The predicted molar refractivity (Wildman–Crippen MR) is 62.3 cm³/mol. The highest BCUT2D eigenvalue weighted by Crippen LogP contribution is 2.30. The first-order valence-electron chi connectivity index (χ1n) is 6.19. The summed E-state index contributed by atoms with van der Waals surface area (Å²) >= 11 is 0. The van der Waals surface area contributed by atoms with Crippen molar-refractivity contribution in [3.8, 4) is 0 Å². The van der Waals surface area contributed by atoms with Crippen LogP contribution in [0.3, 0.4) is 0 Å². The van der Waals surface area contributed by atoms with Gasteiger partial charge < -0.3 is 4.90 Å². The third-order valence-corrected chi connectivity index (χ3v) is 3.29. The Kier molecular flexibility index (Phi) is 3.73. The summed E-state index contributed by atoms with van der Waals surface area (Å²) in [5.41, 5.74) is -0.868. The van der Waals surface area contributed by atoms with Crippen molar-refractivity contribution < 1.29 is 13.2 Å². The fourth-order valence-corrected chi connectivity index (χ4v) is 2.33. The smallest absolute Gasteiger partial charge is 0.338 e. The zero-order valence-corrected chi connectivity index (χ0v) is 10.2. The number of alkyl halides is 3. The molecule has 0 N–H and O–H groups in total. The van der Waals surface area contributed by atoms with E-state index in [-0.39, 0.29) is 12.0 Å². The van der Waals surface area contributed by atoms with E-state index in [2.05, 4.69) is 9.97 Å². The van der Waals surface area contributed by atoms with Crippen LogP contribution in [-0.2, 0) is 6.18 Å². The largest absolute Gasteiger partial charge is 0.433 e. The van der Waals surface area contributed by atoms with E-state index in [1.807, 2.05) is 11.8 Å². The number of aromatic nitrogens is 2. The minimum atomic E-state index is -4.41. The van der Waals surface area contributed by atoms with Crippen molar-refractivity contribution in [3.05, 3.63) is 18.0 Å². The highest BCUT2D eigenvalue weighted by atomic mass is 19.4. The van der Waals surface area contributed by atoms with E-state index in [1.54, 1.807) is 0 Å². The van der Waals surface area contributed by atoms with Crippen LogP contribution in [0.1, 0.15) is 38.3 Å². The summed E-state index contributed by atoms with van der Waals surface area (Å²) in [5, 5.41) is 0. The Balaban J connectivity index is 2.27. The van der Waals surface area contributed by atoms with Gasteiger partial charge in [0.25, 0.3) is 0 Å². The Morgan fingerprint density at radius 1 is 1.39 bits per heavy atom. The minimum Gasteiger partial charge on any atom is -0.338 e. The van der Waals surface area contributed by atoms with Crippen molar-refractivity contribution in [1.29, 1.82) is 0 Å². The molecule has 3 nitrogen and oxygen atoms in total. The monoisotopic (exact) mass is 259 g/mol. The average molecular weight is 259 g/mol. The normalized spacial score (nSPS) is 21.1. The van der Waals surface area contributed by atoms with Gasteiger partial charge in [-0.3, -0.25) is 0 Å². The zero-order valence-electron chi connectivity index (χ0n) is 10.2. The maximum Gasteiger partial charge on any atom is 0.433 e. The third-order valence-electron chi connectivity index (χ3n) is 3.29.